The van der Waals surface area contributed by atoms with Crippen LogP contribution in [0.3, 0.4) is 0 Å². The Bertz CT molecular complexity index is 256. The van der Waals surface area contributed by atoms with Gasteiger partial charge >= 0.3 is 0 Å². The Labute approximate surface area is 93.4 Å². The highest BCUT2D eigenvalue weighted by molar-refractivity contribution is 14.1. The van der Waals surface area contributed by atoms with Gasteiger partial charge in [-0.3, -0.25) is 0 Å². The van der Waals surface area contributed by atoms with Gasteiger partial charge in [0.25, 0.3) is 0 Å². The average Bonchev–Trinajstić information content (AvgIpc) is 2.14. The van der Waals surface area contributed by atoms with Crippen LogP contribution in [0.2, 0.25) is 0 Å². The van der Waals surface area contributed by atoms with Gasteiger partial charge in [-0.05, 0) is 44.7 Å². The van der Waals surface area contributed by atoms with Gasteiger partial charge in [-0.1, -0.05) is 36.9 Å². The van der Waals surface area contributed by atoms with E-state index in [2.05, 4.69) is 58.8 Å². The molecule has 1 aromatic rings. The third-order valence-electron chi connectivity index (χ3n) is 1.74. The van der Waals surface area contributed by atoms with E-state index >= 15 is 0 Å². The van der Waals surface area contributed by atoms with Crippen LogP contribution in [0.15, 0.2) is 40.5 Å². The van der Waals surface area contributed by atoms with E-state index in [0.717, 1.165) is 19.5 Å². The highest BCUT2D eigenvalue weighted by Crippen LogP contribution is 2.05. The Balaban J connectivity index is 2.17. The fourth-order valence-electron chi connectivity index (χ4n) is 1.05. The molecule has 1 nitrogen and oxygen atoms in total. The quantitative estimate of drug-likeness (QED) is 0.648. The molecule has 0 aliphatic rings. The number of hydrogen-bond donors (Lipinski definition) is 1. The molecule has 0 saturated carbocycles. The van der Waals surface area contributed by atoms with Crippen molar-refractivity contribution in [2.24, 2.45) is 0 Å². The lowest BCUT2D eigenvalue weighted by Crippen LogP contribution is -2.14. The number of benzene rings is 1. The summed E-state index contributed by atoms with van der Waals surface area (Å²) in [5, 5.41) is 3.37. The van der Waals surface area contributed by atoms with Crippen LogP contribution in [0.4, 0.5) is 0 Å². The molecule has 1 aromatic carbocycles. The van der Waals surface area contributed by atoms with Crippen LogP contribution in [0, 0.1) is 0 Å². The van der Waals surface area contributed by atoms with Gasteiger partial charge in [0.15, 0.2) is 0 Å². The Morgan fingerprint density at radius 1 is 1.31 bits per heavy atom. The Hall–Kier alpha value is -0.350. The molecule has 0 aliphatic heterocycles. The largest absolute Gasteiger partial charge is 0.312 e. The van der Waals surface area contributed by atoms with Gasteiger partial charge in [0.1, 0.15) is 0 Å². The summed E-state index contributed by atoms with van der Waals surface area (Å²) in [4.78, 5) is 0. The lowest BCUT2D eigenvalue weighted by molar-refractivity contribution is 0.695. The van der Waals surface area contributed by atoms with E-state index in [1.54, 1.807) is 0 Å². The molecule has 0 spiro atoms. The molecular formula is C11H14IN. The lowest BCUT2D eigenvalue weighted by Gasteiger charge is -2.03. The number of hydrogen-bond acceptors (Lipinski definition) is 1. The zero-order valence-electron chi connectivity index (χ0n) is 7.59. The van der Waals surface area contributed by atoms with E-state index in [0.29, 0.717) is 0 Å². The second kappa shape index (κ2) is 6.16. The standard InChI is InChI=1S/C11H14IN/c1-10(12)7-8-13-9-11-5-3-2-4-6-11/h2-6,13H,1,7-9H2. The number of nitrogens with one attached hydrogen (secondary N) is 1. The molecular weight excluding hydrogens is 273 g/mol. The first-order valence-corrected chi connectivity index (χ1v) is 5.45. The number of rotatable bonds is 5. The summed E-state index contributed by atoms with van der Waals surface area (Å²) in [6, 6.07) is 10.4. The normalized spacial score (nSPS) is 9.92. The summed E-state index contributed by atoms with van der Waals surface area (Å²) in [5.41, 5.74) is 1.33. The van der Waals surface area contributed by atoms with E-state index in [-0.39, 0.29) is 0 Å². The van der Waals surface area contributed by atoms with E-state index < -0.39 is 0 Å². The molecule has 1 N–H and O–H groups in total. The highest BCUT2D eigenvalue weighted by Gasteiger charge is 1.91. The fourth-order valence-corrected chi connectivity index (χ4v) is 1.32. The first-order valence-electron chi connectivity index (χ1n) is 4.37. The summed E-state index contributed by atoms with van der Waals surface area (Å²) >= 11 is 2.26. The molecule has 0 fully saturated rings. The van der Waals surface area contributed by atoms with Crippen molar-refractivity contribution >= 4 is 22.6 Å². The van der Waals surface area contributed by atoms with Crippen molar-refractivity contribution in [3.63, 3.8) is 0 Å². The van der Waals surface area contributed by atoms with E-state index in [1.807, 2.05) is 6.07 Å². The van der Waals surface area contributed by atoms with Crippen molar-refractivity contribution in [1.29, 1.82) is 0 Å². The van der Waals surface area contributed by atoms with Gasteiger partial charge in [0, 0.05) is 6.54 Å². The van der Waals surface area contributed by atoms with E-state index in [4.69, 9.17) is 0 Å². The van der Waals surface area contributed by atoms with Gasteiger partial charge in [0.2, 0.25) is 0 Å². The van der Waals surface area contributed by atoms with Crippen molar-refractivity contribution in [1.82, 2.24) is 5.32 Å². The first kappa shape index (κ1) is 10.7. The van der Waals surface area contributed by atoms with Crippen LogP contribution < -0.4 is 5.32 Å². The molecule has 0 aliphatic carbocycles. The van der Waals surface area contributed by atoms with E-state index in [1.165, 1.54) is 9.14 Å². The maximum atomic E-state index is 3.85. The van der Waals surface area contributed by atoms with Crippen molar-refractivity contribution < 1.29 is 0 Å². The molecule has 0 unspecified atom stereocenters. The van der Waals surface area contributed by atoms with Crippen LogP contribution in [0.1, 0.15) is 12.0 Å². The summed E-state index contributed by atoms with van der Waals surface area (Å²) < 4.78 is 1.21. The van der Waals surface area contributed by atoms with Gasteiger partial charge in [0.05, 0.1) is 0 Å². The molecule has 0 saturated heterocycles. The molecule has 2 heteroatoms. The lowest BCUT2D eigenvalue weighted by atomic mass is 10.2. The third-order valence-corrected chi connectivity index (χ3v) is 2.28. The molecule has 70 valence electrons. The fraction of sp³-hybridized carbons (Fsp3) is 0.273. The van der Waals surface area contributed by atoms with Crippen LogP contribution >= 0.6 is 22.6 Å². The Kier molecular flexibility index (Phi) is 5.08. The predicted octanol–water partition coefficient (Wildman–Crippen LogP) is 3.12. The van der Waals surface area contributed by atoms with Crippen LogP contribution in [0.5, 0.6) is 0 Å². The SMILES string of the molecule is C=C(I)CCNCc1ccccc1. The summed E-state index contributed by atoms with van der Waals surface area (Å²) in [5.74, 6) is 0. The average molecular weight is 287 g/mol. The van der Waals surface area contributed by atoms with Gasteiger partial charge in [-0.25, -0.2) is 0 Å². The van der Waals surface area contributed by atoms with Gasteiger partial charge in [-0.2, -0.15) is 0 Å². The van der Waals surface area contributed by atoms with Gasteiger partial charge < -0.3 is 5.32 Å². The molecule has 0 heterocycles. The van der Waals surface area contributed by atoms with Crippen LogP contribution in [0.25, 0.3) is 0 Å². The Morgan fingerprint density at radius 3 is 2.62 bits per heavy atom. The van der Waals surface area contributed by atoms with Crippen molar-refractivity contribution in [2.75, 3.05) is 6.54 Å². The monoisotopic (exact) mass is 287 g/mol. The summed E-state index contributed by atoms with van der Waals surface area (Å²) in [6.45, 7) is 5.81. The second-order valence-electron chi connectivity index (χ2n) is 2.93. The van der Waals surface area contributed by atoms with Crippen molar-refractivity contribution in [3.8, 4) is 0 Å². The third kappa shape index (κ3) is 5.05. The molecule has 0 bridgehead atoms. The topological polar surface area (TPSA) is 12.0 Å². The minimum Gasteiger partial charge on any atom is -0.312 e. The maximum absolute atomic E-state index is 3.85. The maximum Gasteiger partial charge on any atom is 0.0205 e. The van der Waals surface area contributed by atoms with Crippen molar-refractivity contribution in [3.05, 3.63) is 46.1 Å². The molecule has 0 radical (unpaired) electrons. The van der Waals surface area contributed by atoms with Crippen molar-refractivity contribution in [2.45, 2.75) is 13.0 Å². The molecule has 0 amide bonds. The van der Waals surface area contributed by atoms with Gasteiger partial charge in [-0.15, -0.1) is 0 Å². The van der Waals surface area contributed by atoms with E-state index in [9.17, 15) is 0 Å². The molecule has 1 rings (SSSR count). The molecule has 0 atom stereocenters. The zero-order chi connectivity index (χ0) is 9.52. The predicted molar refractivity (Wildman–Crippen MR) is 65.9 cm³/mol. The number of halogens is 1. The van der Waals surface area contributed by atoms with Crippen LogP contribution in [-0.4, -0.2) is 6.54 Å². The minimum atomic E-state index is 0.949. The molecule has 13 heavy (non-hydrogen) atoms. The first-order chi connectivity index (χ1) is 6.29. The zero-order valence-corrected chi connectivity index (χ0v) is 9.75. The summed E-state index contributed by atoms with van der Waals surface area (Å²) in [6.07, 6.45) is 1.05. The smallest absolute Gasteiger partial charge is 0.0205 e. The minimum absolute atomic E-state index is 0.949. The van der Waals surface area contributed by atoms with Crippen LogP contribution in [-0.2, 0) is 6.54 Å². The second-order valence-corrected chi connectivity index (χ2v) is 4.46. The molecule has 0 aromatic heterocycles. The Morgan fingerprint density at radius 2 is 2.00 bits per heavy atom. The highest BCUT2D eigenvalue weighted by atomic mass is 127. The summed E-state index contributed by atoms with van der Waals surface area (Å²) in [7, 11) is 0.